The van der Waals surface area contributed by atoms with Crippen LogP contribution in [0, 0.1) is 15.9 Å². The summed E-state index contributed by atoms with van der Waals surface area (Å²) in [5, 5.41) is 13.9. The van der Waals surface area contributed by atoms with Gasteiger partial charge in [-0.3, -0.25) is 10.1 Å². The Morgan fingerprint density at radius 2 is 2.10 bits per heavy atom. The topological polar surface area (TPSA) is 55.2 Å². The van der Waals surface area contributed by atoms with Gasteiger partial charge in [0.05, 0.1) is 9.95 Å². The van der Waals surface area contributed by atoms with Crippen molar-refractivity contribution < 1.29 is 9.31 Å². The lowest BCUT2D eigenvalue weighted by atomic mass is 10.2. The largest absolute Gasteiger partial charge is 0.381 e. The van der Waals surface area contributed by atoms with Crippen molar-refractivity contribution in [1.29, 1.82) is 0 Å². The average Bonchev–Trinajstić information content (AvgIpc) is 2.41. The minimum absolute atomic E-state index is 0.00779. The molecule has 1 N–H and O–H groups in total. The number of nitrogens with one attached hydrogen (secondary N) is 1. The third-order valence-electron chi connectivity index (χ3n) is 2.66. The summed E-state index contributed by atoms with van der Waals surface area (Å²) in [7, 11) is 0. The molecule has 0 radical (unpaired) electrons. The van der Waals surface area contributed by atoms with Crippen molar-refractivity contribution in [2.24, 2.45) is 0 Å². The molecule has 0 spiro atoms. The van der Waals surface area contributed by atoms with Gasteiger partial charge in [0.2, 0.25) is 0 Å². The van der Waals surface area contributed by atoms with Crippen molar-refractivity contribution in [2.75, 3.05) is 5.32 Å². The van der Waals surface area contributed by atoms with E-state index < -0.39 is 10.7 Å². The molecule has 0 saturated carbocycles. The van der Waals surface area contributed by atoms with Crippen LogP contribution in [0.4, 0.5) is 15.8 Å². The summed E-state index contributed by atoms with van der Waals surface area (Å²) in [6.45, 7) is 0.323. The van der Waals surface area contributed by atoms with Crippen LogP contribution < -0.4 is 5.32 Å². The fourth-order valence-corrected chi connectivity index (χ4v) is 2.31. The number of hydrogen-bond acceptors (Lipinski definition) is 3. The lowest BCUT2D eigenvalue weighted by molar-refractivity contribution is -0.385. The van der Waals surface area contributed by atoms with E-state index in [-0.39, 0.29) is 10.7 Å². The Labute approximate surface area is 127 Å². The number of nitro benzene ring substituents is 1. The van der Waals surface area contributed by atoms with E-state index in [1.165, 1.54) is 18.2 Å². The van der Waals surface area contributed by atoms with Gasteiger partial charge in [-0.1, -0.05) is 23.7 Å². The summed E-state index contributed by atoms with van der Waals surface area (Å²) in [5.41, 5.74) is 1.24. The molecule has 0 atom stereocenters. The Balaban J connectivity index is 2.17. The molecule has 0 unspecified atom stereocenters. The molecule has 0 fully saturated rings. The first-order chi connectivity index (χ1) is 9.49. The third-order valence-corrected chi connectivity index (χ3v) is 3.88. The van der Waals surface area contributed by atoms with Crippen LogP contribution in [0.1, 0.15) is 5.56 Å². The molecule has 2 rings (SSSR count). The number of benzene rings is 2. The highest BCUT2D eigenvalue weighted by Crippen LogP contribution is 2.29. The summed E-state index contributed by atoms with van der Waals surface area (Å²) < 4.78 is 13.7. The predicted octanol–water partition coefficient (Wildman–Crippen LogP) is 4.76. The highest BCUT2D eigenvalue weighted by molar-refractivity contribution is 9.10. The zero-order valence-corrected chi connectivity index (χ0v) is 12.4. The van der Waals surface area contributed by atoms with E-state index in [1.54, 1.807) is 18.2 Å². The average molecular weight is 360 g/mol. The first-order valence-corrected chi connectivity index (χ1v) is 6.77. The van der Waals surface area contributed by atoms with Crippen molar-refractivity contribution in [3.63, 3.8) is 0 Å². The van der Waals surface area contributed by atoms with E-state index in [1.807, 2.05) is 0 Å². The fraction of sp³-hybridized carbons (Fsp3) is 0.0769. The molecule has 0 aliphatic heterocycles. The van der Waals surface area contributed by atoms with E-state index in [9.17, 15) is 14.5 Å². The Hall–Kier alpha value is -1.66. The van der Waals surface area contributed by atoms with Gasteiger partial charge in [-0.05, 0) is 39.7 Å². The molecule has 2 aromatic carbocycles. The molecule has 0 bridgehead atoms. The van der Waals surface area contributed by atoms with Gasteiger partial charge in [0.15, 0.2) is 0 Å². The summed E-state index contributed by atoms with van der Waals surface area (Å²) in [6.07, 6.45) is 0. The van der Waals surface area contributed by atoms with Crippen molar-refractivity contribution >= 4 is 38.9 Å². The Morgan fingerprint density at radius 1 is 1.35 bits per heavy atom. The van der Waals surface area contributed by atoms with Gasteiger partial charge in [-0.25, -0.2) is 4.39 Å². The van der Waals surface area contributed by atoms with E-state index >= 15 is 0 Å². The number of nitro groups is 1. The summed E-state index contributed by atoms with van der Waals surface area (Å²) >= 11 is 8.80. The summed E-state index contributed by atoms with van der Waals surface area (Å²) in [4.78, 5) is 10.4. The molecule has 4 nitrogen and oxygen atoms in total. The van der Waals surface area contributed by atoms with E-state index in [4.69, 9.17) is 11.6 Å². The number of nitrogens with zero attached hydrogens (tertiary/aromatic N) is 1. The molecule has 0 aliphatic carbocycles. The second-order valence-corrected chi connectivity index (χ2v) is 5.19. The van der Waals surface area contributed by atoms with Crippen LogP contribution in [0.25, 0.3) is 0 Å². The van der Waals surface area contributed by atoms with Crippen LogP contribution in [0.3, 0.4) is 0 Å². The van der Waals surface area contributed by atoms with Crippen molar-refractivity contribution in [3.05, 3.63) is 67.4 Å². The molecule has 7 heteroatoms. The lowest BCUT2D eigenvalue weighted by Gasteiger charge is -2.09. The Morgan fingerprint density at radius 3 is 2.75 bits per heavy atom. The van der Waals surface area contributed by atoms with E-state index in [0.717, 1.165) is 0 Å². The molecule has 0 aromatic heterocycles. The highest BCUT2D eigenvalue weighted by Gasteiger charge is 2.14. The first kappa shape index (κ1) is 14.7. The zero-order chi connectivity index (χ0) is 14.7. The van der Waals surface area contributed by atoms with Crippen LogP contribution in [0.5, 0.6) is 0 Å². The zero-order valence-electron chi connectivity index (χ0n) is 10.1. The van der Waals surface area contributed by atoms with Gasteiger partial charge in [0.1, 0.15) is 10.3 Å². The molecular weight excluding hydrogens is 351 g/mol. The van der Waals surface area contributed by atoms with Gasteiger partial charge in [-0.2, -0.15) is 0 Å². The van der Waals surface area contributed by atoms with Gasteiger partial charge < -0.3 is 5.32 Å². The lowest BCUT2D eigenvalue weighted by Crippen LogP contribution is -2.02. The molecule has 0 saturated heterocycles. The van der Waals surface area contributed by atoms with Crippen LogP contribution >= 0.6 is 27.5 Å². The van der Waals surface area contributed by atoms with Gasteiger partial charge >= 0.3 is 0 Å². The van der Waals surface area contributed by atoms with E-state index in [2.05, 4.69) is 21.2 Å². The number of anilines is 1. The van der Waals surface area contributed by atoms with Crippen molar-refractivity contribution in [2.45, 2.75) is 6.54 Å². The van der Waals surface area contributed by atoms with Gasteiger partial charge in [-0.15, -0.1) is 0 Å². The maximum atomic E-state index is 13.3. The van der Waals surface area contributed by atoms with Crippen LogP contribution in [-0.2, 0) is 6.54 Å². The van der Waals surface area contributed by atoms with E-state index in [0.29, 0.717) is 22.3 Å². The number of hydrogen-bond donors (Lipinski definition) is 1. The van der Waals surface area contributed by atoms with Gasteiger partial charge in [0.25, 0.3) is 5.69 Å². The Kier molecular flexibility index (Phi) is 4.57. The molecule has 104 valence electrons. The molecule has 0 aliphatic rings. The molecular formula is C13H9BrClFN2O2. The van der Waals surface area contributed by atoms with Crippen LogP contribution in [0.15, 0.2) is 40.9 Å². The minimum Gasteiger partial charge on any atom is -0.381 e. The monoisotopic (exact) mass is 358 g/mol. The maximum absolute atomic E-state index is 13.3. The summed E-state index contributed by atoms with van der Waals surface area (Å²) in [6, 6.07) is 9.11. The normalized spacial score (nSPS) is 10.3. The Bertz CT molecular complexity index is 667. The van der Waals surface area contributed by atoms with Crippen molar-refractivity contribution in [3.8, 4) is 0 Å². The quantitative estimate of drug-likeness (QED) is 0.632. The highest BCUT2D eigenvalue weighted by atomic mass is 79.9. The SMILES string of the molecule is O=[N+]([O-])c1cccc(CNc2ccc(Cl)c(F)c2)c1Br. The van der Waals surface area contributed by atoms with Crippen LogP contribution in [-0.4, -0.2) is 4.92 Å². The van der Waals surface area contributed by atoms with Crippen LogP contribution in [0.2, 0.25) is 5.02 Å². The first-order valence-electron chi connectivity index (χ1n) is 5.59. The predicted molar refractivity (Wildman–Crippen MR) is 79.5 cm³/mol. The molecule has 0 amide bonds. The smallest absolute Gasteiger partial charge is 0.283 e. The number of rotatable bonds is 4. The summed E-state index contributed by atoms with van der Waals surface area (Å²) in [5.74, 6) is -0.519. The maximum Gasteiger partial charge on any atom is 0.283 e. The second kappa shape index (κ2) is 6.19. The number of halogens is 3. The van der Waals surface area contributed by atoms with Gasteiger partial charge in [0, 0.05) is 18.3 Å². The molecule has 2 aromatic rings. The van der Waals surface area contributed by atoms with Crippen molar-refractivity contribution in [1.82, 2.24) is 0 Å². The standard InChI is InChI=1S/C13H9BrClFN2O2/c14-13-8(2-1-3-12(13)18(19)20)7-17-9-4-5-10(15)11(16)6-9/h1-6,17H,7H2. The third kappa shape index (κ3) is 3.26. The fourth-order valence-electron chi connectivity index (χ4n) is 1.65. The second-order valence-electron chi connectivity index (χ2n) is 3.99. The minimum atomic E-state index is -0.519. The molecule has 20 heavy (non-hydrogen) atoms. The molecule has 0 heterocycles.